The number of nitrogens with one attached hydrogen (secondary N) is 2. The van der Waals surface area contributed by atoms with Crippen molar-refractivity contribution in [2.24, 2.45) is 5.92 Å². The Kier molecular flexibility index (Phi) is 12.2. The molecule has 4 heterocycles. The van der Waals surface area contributed by atoms with Gasteiger partial charge in [0.1, 0.15) is 5.54 Å². The Morgan fingerprint density at radius 1 is 1.05 bits per heavy atom. The summed E-state index contributed by atoms with van der Waals surface area (Å²) in [6.45, 7) is 10.7. The van der Waals surface area contributed by atoms with Crippen molar-refractivity contribution in [1.82, 2.24) is 25.0 Å². The van der Waals surface area contributed by atoms with Crippen LogP contribution in [-0.4, -0.2) is 98.3 Å². The lowest BCUT2D eigenvalue weighted by Crippen LogP contribution is -2.58. The van der Waals surface area contributed by atoms with Crippen LogP contribution < -0.4 is 15.5 Å². The molecule has 16 heteroatoms. The van der Waals surface area contributed by atoms with Crippen LogP contribution >= 0.6 is 12.2 Å². The monoisotopic (exact) mass is 794 g/mol. The van der Waals surface area contributed by atoms with Crippen molar-refractivity contribution in [1.29, 1.82) is 5.26 Å². The second kappa shape index (κ2) is 16.6. The molecule has 1 aromatic heterocycles. The first-order chi connectivity index (χ1) is 26.5. The first kappa shape index (κ1) is 41.2. The number of hydrogen-bond acceptors (Lipinski definition) is 9. The number of hydrogen-bond donors (Lipinski definition) is 2. The van der Waals surface area contributed by atoms with Crippen LogP contribution in [0.2, 0.25) is 0 Å². The summed E-state index contributed by atoms with van der Waals surface area (Å²) in [5.74, 6) is -1.10. The third kappa shape index (κ3) is 8.74. The van der Waals surface area contributed by atoms with Crippen LogP contribution in [0.15, 0.2) is 36.5 Å². The highest BCUT2D eigenvalue weighted by atomic mass is 32.1. The maximum absolute atomic E-state index is 13.7. The van der Waals surface area contributed by atoms with Crippen molar-refractivity contribution in [3.63, 3.8) is 0 Å². The van der Waals surface area contributed by atoms with Gasteiger partial charge in [0, 0.05) is 37.6 Å². The van der Waals surface area contributed by atoms with E-state index in [1.54, 1.807) is 38.2 Å². The number of nitrogens with zero attached hydrogens (tertiary/aromatic N) is 6. The van der Waals surface area contributed by atoms with Gasteiger partial charge in [-0.15, -0.1) is 0 Å². The Bertz CT molecular complexity index is 1880. The first-order valence-electron chi connectivity index (χ1n) is 19.3. The van der Waals surface area contributed by atoms with Gasteiger partial charge in [-0.1, -0.05) is 0 Å². The molecule has 56 heavy (non-hydrogen) atoms. The highest BCUT2D eigenvalue weighted by Gasteiger charge is 2.52. The van der Waals surface area contributed by atoms with Crippen molar-refractivity contribution in [2.75, 3.05) is 36.4 Å². The molecule has 3 aliphatic heterocycles. The van der Waals surface area contributed by atoms with Gasteiger partial charge in [0.05, 0.1) is 52.9 Å². The molecular formula is C40H49F3N8O4S. The van der Waals surface area contributed by atoms with Crippen molar-refractivity contribution < 1.29 is 32.3 Å². The predicted molar refractivity (Wildman–Crippen MR) is 207 cm³/mol. The number of piperidine rings is 1. The zero-order valence-electron chi connectivity index (χ0n) is 32.2. The predicted octanol–water partition coefficient (Wildman–Crippen LogP) is 5.58. The maximum atomic E-state index is 13.7. The molecule has 1 unspecified atom stereocenters. The van der Waals surface area contributed by atoms with Crippen LogP contribution in [0.3, 0.4) is 0 Å². The summed E-state index contributed by atoms with van der Waals surface area (Å²) in [4.78, 5) is 62.5. The minimum Gasteiger partial charge on any atom is -0.331 e. The highest BCUT2D eigenvalue weighted by Crippen LogP contribution is 2.41. The van der Waals surface area contributed by atoms with E-state index in [9.17, 15) is 37.6 Å². The molecule has 2 N–H and O–H groups in total. The van der Waals surface area contributed by atoms with Gasteiger partial charge in [-0.25, -0.2) is 0 Å². The normalized spacial score (nSPS) is 26.3. The number of alkyl halides is 3. The van der Waals surface area contributed by atoms with Gasteiger partial charge in [0.25, 0.3) is 5.91 Å². The molecule has 2 aromatic rings. The van der Waals surface area contributed by atoms with Crippen molar-refractivity contribution in [3.05, 3.63) is 53.3 Å². The lowest BCUT2D eigenvalue weighted by atomic mass is 9.82. The summed E-state index contributed by atoms with van der Waals surface area (Å²) < 4.78 is 41.2. The van der Waals surface area contributed by atoms with Crippen LogP contribution in [0.1, 0.15) is 102 Å². The van der Waals surface area contributed by atoms with Gasteiger partial charge in [0.2, 0.25) is 17.7 Å². The molecule has 12 nitrogen and oxygen atoms in total. The standard InChI is InChI=1S/C40H49F3N8O4S/c1-24-21-48(22-25(2)49(24)23-35(53)46-28-10-15-33(45-20-28)31-14-16-34(52)47-36(31)54)17-5-6-26-7-11-29(12-8-26)51-38(56)50(37(55)39(51,3)4)30-13-9-27(19-44)32(18-30)40(41,42)43/h9-10,13,15,18,20,24-26,29,31H,5-8,11-12,14,16-17,21-23H2,1-4H3,(H,46,53)(H,47,52,54)/t24-,25+,26?,29?,31?. The number of benzene rings is 1. The molecule has 3 atom stereocenters. The number of anilines is 2. The minimum atomic E-state index is -4.75. The number of pyridine rings is 1. The fourth-order valence-electron chi connectivity index (χ4n) is 8.94. The van der Waals surface area contributed by atoms with E-state index in [-0.39, 0.29) is 65.5 Å². The van der Waals surface area contributed by atoms with Gasteiger partial charge in [-0.05, 0) is 128 Å². The van der Waals surface area contributed by atoms with Gasteiger partial charge >= 0.3 is 6.18 Å². The second-order valence-corrected chi connectivity index (χ2v) is 16.5. The molecule has 6 rings (SSSR count). The molecule has 0 spiro atoms. The largest absolute Gasteiger partial charge is 0.417 e. The number of halogens is 3. The van der Waals surface area contributed by atoms with Crippen LogP contribution in [0.25, 0.3) is 0 Å². The number of aromatic nitrogens is 1. The zero-order valence-corrected chi connectivity index (χ0v) is 33.0. The van der Waals surface area contributed by atoms with E-state index < -0.39 is 28.8 Å². The molecular weight excluding hydrogens is 746 g/mol. The lowest BCUT2D eigenvalue weighted by molar-refractivity contribution is -0.138. The van der Waals surface area contributed by atoms with Crippen molar-refractivity contribution >= 4 is 52.3 Å². The van der Waals surface area contributed by atoms with Gasteiger partial charge in [0.15, 0.2) is 5.11 Å². The minimum absolute atomic E-state index is 0.0106. The Balaban J connectivity index is 0.942. The van der Waals surface area contributed by atoms with Crippen molar-refractivity contribution in [3.8, 4) is 6.07 Å². The molecule has 3 saturated heterocycles. The van der Waals surface area contributed by atoms with E-state index in [1.807, 2.05) is 4.90 Å². The quantitative estimate of drug-likeness (QED) is 0.232. The Labute approximate surface area is 330 Å². The van der Waals surface area contributed by atoms with E-state index in [0.717, 1.165) is 70.3 Å². The number of amides is 4. The van der Waals surface area contributed by atoms with Crippen LogP contribution in [-0.2, 0) is 25.4 Å². The summed E-state index contributed by atoms with van der Waals surface area (Å²) in [6, 6.07) is 8.64. The number of nitriles is 1. The molecule has 1 aromatic carbocycles. The number of carbonyl (C=O) groups is 4. The number of piperazine rings is 1. The van der Waals surface area contributed by atoms with E-state index in [2.05, 4.69) is 39.3 Å². The topological polar surface area (TPSA) is 142 Å². The Morgan fingerprint density at radius 3 is 2.36 bits per heavy atom. The lowest BCUT2D eigenvalue weighted by Gasteiger charge is -2.44. The van der Waals surface area contributed by atoms with E-state index >= 15 is 0 Å². The summed E-state index contributed by atoms with van der Waals surface area (Å²) in [5.41, 5.74) is -1.50. The number of imide groups is 1. The summed E-state index contributed by atoms with van der Waals surface area (Å²) in [6.07, 6.45) is 3.17. The molecule has 1 saturated carbocycles. The van der Waals surface area contributed by atoms with Gasteiger partial charge in [-0.3, -0.25) is 39.3 Å². The van der Waals surface area contributed by atoms with Gasteiger partial charge in [-0.2, -0.15) is 18.4 Å². The highest BCUT2D eigenvalue weighted by molar-refractivity contribution is 7.80. The molecule has 4 amide bonds. The fraction of sp³-hybridized carbons (Fsp3) is 0.575. The molecule has 4 aliphatic rings. The smallest absolute Gasteiger partial charge is 0.331 e. The van der Waals surface area contributed by atoms with Crippen LogP contribution in [0, 0.1) is 17.2 Å². The third-order valence-corrected chi connectivity index (χ3v) is 12.2. The molecule has 0 bridgehead atoms. The zero-order chi connectivity index (χ0) is 40.5. The van der Waals surface area contributed by atoms with E-state index in [4.69, 9.17) is 12.2 Å². The van der Waals surface area contributed by atoms with Crippen LogP contribution in [0.4, 0.5) is 24.5 Å². The molecule has 1 aliphatic carbocycles. The first-order valence-corrected chi connectivity index (χ1v) is 19.8. The second-order valence-electron chi connectivity index (χ2n) is 16.2. The number of rotatable bonds is 10. The Morgan fingerprint density at radius 2 is 1.75 bits per heavy atom. The van der Waals surface area contributed by atoms with Crippen molar-refractivity contribution in [2.45, 2.75) is 115 Å². The van der Waals surface area contributed by atoms with Crippen LogP contribution in [0.5, 0.6) is 0 Å². The molecule has 300 valence electrons. The Hall–Kier alpha value is -4.46. The number of carbonyl (C=O) groups excluding carboxylic acids is 4. The van der Waals surface area contributed by atoms with E-state index in [1.165, 1.54) is 11.0 Å². The van der Waals surface area contributed by atoms with E-state index in [0.29, 0.717) is 23.7 Å². The SMILES string of the molecule is C[C@@H]1CN(CCCC2CCC(N3C(=S)N(c4ccc(C#N)c(C(F)(F)F)c4)C(=O)C3(C)C)CC2)C[C@H](C)N1CC(=O)Nc1ccc(C2CCC(=O)NC2=O)nc1. The summed E-state index contributed by atoms with van der Waals surface area (Å²) in [7, 11) is 0. The summed E-state index contributed by atoms with van der Waals surface area (Å²) in [5, 5.41) is 14.7. The summed E-state index contributed by atoms with van der Waals surface area (Å²) >= 11 is 5.76. The fourth-order valence-corrected chi connectivity index (χ4v) is 9.50. The molecule has 0 radical (unpaired) electrons. The number of thiocarbonyl (C=S) groups is 1. The third-order valence-electron chi connectivity index (χ3n) is 11.9. The van der Waals surface area contributed by atoms with Gasteiger partial charge < -0.3 is 15.1 Å². The molecule has 4 fully saturated rings. The maximum Gasteiger partial charge on any atom is 0.417 e. The average Bonchev–Trinajstić information content (AvgIpc) is 3.32. The average molecular weight is 795 g/mol.